The number of H-pyrrole nitrogens is 1. The number of amides is 2. The number of pyridine rings is 1. The van der Waals surface area contributed by atoms with Gasteiger partial charge in [-0.15, -0.1) is 0 Å². The summed E-state index contributed by atoms with van der Waals surface area (Å²) in [4.78, 5) is 31.1. The lowest BCUT2D eigenvalue weighted by Crippen LogP contribution is -2.44. The van der Waals surface area contributed by atoms with Gasteiger partial charge in [0.05, 0.1) is 30.1 Å². The summed E-state index contributed by atoms with van der Waals surface area (Å²) in [5, 5.41) is 10.4. The van der Waals surface area contributed by atoms with Crippen LogP contribution in [0.25, 0.3) is 11.3 Å². The fourth-order valence-electron chi connectivity index (χ4n) is 3.98. The number of nitrogens with zero attached hydrogens (tertiary/aromatic N) is 3. The molecule has 1 atom stereocenters. The molecule has 2 aliphatic heterocycles. The molecule has 166 valence electrons. The SMILES string of the molecule is COc1cc(-c2cc(C(=O)N3CCC(C(=O)NCC4CCCO4)CC3)n[nH]2)c(Cl)cn1. The number of halogens is 1. The van der Waals surface area contributed by atoms with Gasteiger partial charge < -0.3 is 19.7 Å². The fraction of sp³-hybridized carbons (Fsp3) is 0.524. The molecule has 2 aliphatic rings. The van der Waals surface area contributed by atoms with Crippen LogP contribution in [0.4, 0.5) is 0 Å². The van der Waals surface area contributed by atoms with Crippen molar-refractivity contribution in [3.05, 3.63) is 29.0 Å². The molecule has 1 unspecified atom stereocenters. The zero-order chi connectivity index (χ0) is 21.8. The molecule has 0 spiro atoms. The number of likely N-dealkylation sites (tertiary alicyclic amines) is 1. The maximum absolute atomic E-state index is 12.9. The van der Waals surface area contributed by atoms with Gasteiger partial charge in [-0.3, -0.25) is 14.7 Å². The van der Waals surface area contributed by atoms with E-state index >= 15 is 0 Å². The summed E-state index contributed by atoms with van der Waals surface area (Å²) in [5.74, 6) is 0.216. The molecule has 2 N–H and O–H groups in total. The molecule has 0 aliphatic carbocycles. The summed E-state index contributed by atoms with van der Waals surface area (Å²) in [6.07, 6.45) is 4.94. The first-order valence-corrected chi connectivity index (χ1v) is 10.9. The maximum atomic E-state index is 12.9. The largest absolute Gasteiger partial charge is 0.481 e. The number of nitrogens with one attached hydrogen (secondary N) is 2. The summed E-state index contributed by atoms with van der Waals surface area (Å²) >= 11 is 6.23. The number of ether oxygens (including phenoxy) is 2. The standard InChI is InChI=1S/C21H26ClN5O4/c1-30-19-9-15(16(22)12-23-19)17-10-18(26-25-17)21(29)27-6-4-13(5-7-27)20(28)24-11-14-3-2-8-31-14/h9-10,12-14H,2-8,11H2,1H3,(H,24,28)(H,25,26). The van der Waals surface area contributed by atoms with E-state index in [9.17, 15) is 9.59 Å². The van der Waals surface area contributed by atoms with E-state index in [4.69, 9.17) is 21.1 Å². The van der Waals surface area contributed by atoms with E-state index < -0.39 is 0 Å². The van der Waals surface area contributed by atoms with Gasteiger partial charge in [0.1, 0.15) is 0 Å². The Morgan fingerprint density at radius 2 is 2.13 bits per heavy atom. The first-order chi connectivity index (χ1) is 15.0. The number of aromatic amines is 1. The predicted octanol–water partition coefficient (Wildman–Crippen LogP) is 2.28. The van der Waals surface area contributed by atoms with Crippen LogP contribution in [0.1, 0.15) is 36.2 Å². The van der Waals surface area contributed by atoms with E-state index in [0.29, 0.717) is 60.3 Å². The van der Waals surface area contributed by atoms with Crippen molar-refractivity contribution in [2.24, 2.45) is 5.92 Å². The molecule has 2 saturated heterocycles. The van der Waals surface area contributed by atoms with Gasteiger partial charge in [0, 0.05) is 43.8 Å². The Kier molecular flexibility index (Phi) is 6.72. The average molecular weight is 448 g/mol. The van der Waals surface area contributed by atoms with E-state index in [1.54, 1.807) is 17.0 Å². The topological polar surface area (TPSA) is 109 Å². The number of aromatic nitrogens is 3. The highest BCUT2D eigenvalue weighted by atomic mass is 35.5. The van der Waals surface area contributed by atoms with Crippen LogP contribution in [-0.4, -0.2) is 71.4 Å². The number of hydrogen-bond acceptors (Lipinski definition) is 6. The highest BCUT2D eigenvalue weighted by molar-refractivity contribution is 6.33. The van der Waals surface area contributed by atoms with E-state index in [-0.39, 0.29) is 23.8 Å². The van der Waals surface area contributed by atoms with E-state index in [1.165, 1.54) is 13.3 Å². The predicted molar refractivity (Wildman–Crippen MR) is 114 cm³/mol. The van der Waals surface area contributed by atoms with Crippen LogP contribution in [0.15, 0.2) is 18.3 Å². The lowest BCUT2D eigenvalue weighted by atomic mass is 9.95. The number of piperidine rings is 1. The quantitative estimate of drug-likeness (QED) is 0.703. The lowest BCUT2D eigenvalue weighted by Gasteiger charge is -2.31. The van der Waals surface area contributed by atoms with Crippen molar-refractivity contribution in [3.63, 3.8) is 0 Å². The van der Waals surface area contributed by atoms with Crippen molar-refractivity contribution < 1.29 is 19.1 Å². The summed E-state index contributed by atoms with van der Waals surface area (Å²) in [5.41, 5.74) is 1.57. The zero-order valence-corrected chi connectivity index (χ0v) is 18.2. The first kappa shape index (κ1) is 21.6. The summed E-state index contributed by atoms with van der Waals surface area (Å²) < 4.78 is 10.7. The Morgan fingerprint density at radius 3 is 2.84 bits per heavy atom. The van der Waals surface area contributed by atoms with Crippen LogP contribution in [0.5, 0.6) is 5.88 Å². The molecule has 2 amide bonds. The molecule has 0 radical (unpaired) electrons. The van der Waals surface area contributed by atoms with Crippen LogP contribution >= 0.6 is 11.6 Å². The van der Waals surface area contributed by atoms with Crippen molar-refractivity contribution in [1.29, 1.82) is 0 Å². The van der Waals surface area contributed by atoms with Crippen molar-refractivity contribution in [3.8, 4) is 17.1 Å². The second kappa shape index (κ2) is 9.65. The second-order valence-corrected chi connectivity index (χ2v) is 8.23. The molecule has 10 heteroatoms. The highest BCUT2D eigenvalue weighted by Gasteiger charge is 2.29. The smallest absolute Gasteiger partial charge is 0.274 e. The van der Waals surface area contributed by atoms with Gasteiger partial charge in [-0.05, 0) is 31.7 Å². The van der Waals surface area contributed by atoms with Gasteiger partial charge in [-0.2, -0.15) is 5.10 Å². The summed E-state index contributed by atoms with van der Waals surface area (Å²) in [6.45, 7) is 2.37. The average Bonchev–Trinajstić information content (AvgIpc) is 3.50. The molecule has 0 aromatic carbocycles. The fourth-order valence-corrected chi connectivity index (χ4v) is 4.18. The minimum Gasteiger partial charge on any atom is -0.481 e. The molecule has 0 bridgehead atoms. The normalized spacial score (nSPS) is 19.4. The molecular weight excluding hydrogens is 422 g/mol. The highest BCUT2D eigenvalue weighted by Crippen LogP contribution is 2.29. The van der Waals surface area contributed by atoms with E-state index in [1.807, 2.05) is 0 Å². The van der Waals surface area contributed by atoms with Gasteiger partial charge >= 0.3 is 0 Å². The molecule has 9 nitrogen and oxygen atoms in total. The van der Waals surface area contributed by atoms with E-state index in [0.717, 1.165) is 19.4 Å². The number of hydrogen-bond donors (Lipinski definition) is 2. The Hall–Kier alpha value is -2.65. The van der Waals surface area contributed by atoms with Crippen LogP contribution in [-0.2, 0) is 9.53 Å². The van der Waals surface area contributed by atoms with Gasteiger partial charge in [-0.1, -0.05) is 11.6 Å². The minimum absolute atomic E-state index is 0.0472. The van der Waals surface area contributed by atoms with Crippen molar-refractivity contribution in [1.82, 2.24) is 25.4 Å². The van der Waals surface area contributed by atoms with Crippen LogP contribution < -0.4 is 10.1 Å². The van der Waals surface area contributed by atoms with Gasteiger partial charge in [0.15, 0.2) is 5.69 Å². The van der Waals surface area contributed by atoms with Gasteiger partial charge in [0.25, 0.3) is 5.91 Å². The molecule has 31 heavy (non-hydrogen) atoms. The maximum Gasteiger partial charge on any atom is 0.274 e. The monoisotopic (exact) mass is 447 g/mol. The Bertz CT molecular complexity index is 936. The zero-order valence-electron chi connectivity index (χ0n) is 17.4. The third kappa shape index (κ3) is 4.99. The number of carbonyl (C=O) groups is 2. The second-order valence-electron chi connectivity index (χ2n) is 7.82. The number of rotatable bonds is 6. The summed E-state index contributed by atoms with van der Waals surface area (Å²) in [7, 11) is 1.52. The van der Waals surface area contributed by atoms with Crippen LogP contribution in [0.2, 0.25) is 5.02 Å². The van der Waals surface area contributed by atoms with Gasteiger partial charge in [-0.25, -0.2) is 4.98 Å². The molecule has 0 saturated carbocycles. The molecular formula is C21H26ClN5O4. The minimum atomic E-state index is -0.169. The van der Waals surface area contributed by atoms with Crippen molar-refractivity contribution >= 4 is 23.4 Å². The third-order valence-electron chi connectivity index (χ3n) is 5.81. The molecule has 2 aromatic heterocycles. The van der Waals surface area contributed by atoms with Crippen LogP contribution in [0, 0.1) is 5.92 Å². The summed E-state index contributed by atoms with van der Waals surface area (Å²) in [6, 6.07) is 3.36. The lowest BCUT2D eigenvalue weighted by molar-refractivity contribution is -0.126. The Balaban J connectivity index is 1.32. The third-order valence-corrected chi connectivity index (χ3v) is 6.11. The molecule has 4 heterocycles. The number of methoxy groups -OCH3 is 1. The first-order valence-electron chi connectivity index (χ1n) is 10.5. The molecule has 4 rings (SSSR count). The molecule has 2 fully saturated rings. The van der Waals surface area contributed by atoms with E-state index in [2.05, 4.69) is 20.5 Å². The van der Waals surface area contributed by atoms with Crippen LogP contribution in [0.3, 0.4) is 0 Å². The van der Waals surface area contributed by atoms with Crippen molar-refractivity contribution in [2.75, 3.05) is 33.4 Å². The van der Waals surface area contributed by atoms with Gasteiger partial charge in [0.2, 0.25) is 11.8 Å². The Labute approximate surface area is 185 Å². The number of carbonyl (C=O) groups excluding carboxylic acids is 2. The Morgan fingerprint density at radius 1 is 1.32 bits per heavy atom. The molecule has 2 aromatic rings. The van der Waals surface area contributed by atoms with Crippen molar-refractivity contribution in [2.45, 2.75) is 31.8 Å².